The van der Waals surface area contributed by atoms with Crippen molar-refractivity contribution in [1.82, 2.24) is 0 Å². The summed E-state index contributed by atoms with van der Waals surface area (Å²) in [5.41, 5.74) is 0. The lowest BCUT2D eigenvalue weighted by molar-refractivity contribution is 0.499. The molecule has 0 amide bonds. The molecule has 0 atom stereocenters. The lowest BCUT2D eigenvalue weighted by Crippen LogP contribution is -2.13. The van der Waals surface area contributed by atoms with Gasteiger partial charge in [0.15, 0.2) is 38.0 Å². The van der Waals surface area contributed by atoms with Gasteiger partial charge in [-0.3, -0.25) is 0 Å². The molecule has 1 heterocycles. The number of fused-ring (bicyclic) bond motifs is 2. The van der Waals surface area contributed by atoms with Crippen LogP contribution in [-0.4, -0.2) is 0 Å². The van der Waals surface area contributed by atoms with E-state index in [4.69, 9.17) is 11.6 Å². The summed E-state index contributed by atoms with van der Waals surface area (Å²) in [5, 5.41) is 0.523. The molecule has 7 heteroatoms. The van der Waals surface area contributed by atoms with E-state index in [1.807, 2.05) is 0 Å². The summed E-state index contributed by atoms with van der Waals surface area (Å²) in [7, 11) is -0.896. The van der Waals surface area contributed by atoms with E-state index in [0.717, 1.165) is 40.9 Å². The second kappa shape index (κ2) is 6.27. The lowest BCUT2D eigenvalue weighted by Gasteiger charge is -2.19. The van der Waals surface area contributed by atoms with Gasteiger partial charge < -0.3 is 0 Å². The maximum Gasteiger partial charge on any atom is 0.183 e. The predicted molar refractivity (Wildman–Crippen MR) is 90.5 cm³/mol. The van der Waals surface area contributed by atoms with Gasteiger partial charge in [-0.15, -0.1) is 0 Å². The van der Waals surface area contributed by atoms with Gasteiger partial charge in [0.25, 0.3) is 0 Å². The van der Waals surface area contributed by atoms with E-state index in [-0.39, 0.29) is 0 Å². The van der Waals surface area contributed by atoms with Gasteiger partial charge in [-0.05, 0) is 36.4 Å². The van der Waals surface area contributed by atoms with Gasteiger partial charge in [0.05, 0.1) is 9.79 Å². The number of benzene rings is 3. The van der Waals surface area contributed by atoms with Crippen molar-refractivity contribution in [2.75, 3.05) is 0 Å². The van der Waals surface area contributed by atoms with E-state index < -0.39 is 34.2 Å². The highest BCUT2D eigenvalue weighted by Gasteiger charge is 2.40. The quantitative estimate of drug-likeness (QED) is 0.261. The molecular weight excluding hydrogens is 392 g/mol. The normalized spacial score (nSPS) is 13.5. The molecule has 0 aliphatic carbocycles. The van der Waals surface area contributed by atoms with Crippen LogP contribution in [0.3, 0.4) is 0 Å². The van der Waals surface area contributed by atoms with E-state index in [1.54, 1.807) is 24.3 Å². The fourth-order valence-electron chi connectivity index (χ4n) is 2.56. The fraction of sp³-hybridized carbons (Fsp3) is 0. The molecule has 0 saturated heterocycles. The highest BCUT2D eigenvalue weighted by atomic mass is 35.5. The zero-order chi connectivity index (χ0) is 17.7. The number of hydrogen-bond acceptors (Lipinski definition) is 1. The van der Waals surface area contributed by atoms with Crippen molar-refractivity contribution in [1.29, 1.82) is 0 Å². The Labute approximate surface area is 153 Å². The van der Waals surface area contributed by atoms with Crippen molar-refractivity contribution in [3.8, 4) is 0 Å². The predicted octanol–water partition coefficient (Wildman–Crippen LogP) is 6.46. The average molecular weight is 400 g/mol. The minimum Gasteiger partial charge on any atom is -0.204 e. The van der Waals surface area contributed by atoms with Crippen molar-refractivity contribution >= 4 is 34.3 Å². The Morgan fingerprint density at radius 2 is 1.12 bits per heavy atom. The van der Waals surface area contributed by atoms with Gasteiger partial charge in [-0.1, -0.05) is 23.4 Å². The molecule has 0 spiro atoms. The first-order chi connectivity index (χ1) is 11.9. The molecule has 0 aromatic heterocycles. The Morgan fingerprint density at radius 1 is 0.680 bits per heavy atom. The van der Waals surface area contributed by atoms with E-state index in [9.17, 15) is 17.6 Å². The Morgan fingerprint density at radius 3 is 1.60 bits per heavy atom. The SMILES string of the molecule is Fc1cc2c(cc1F)[S+](c1ccc(Cl)cc1)c1cc(F)c(F)cc1S2. The van der Waals surface area contributed by atoms with Crippen LogP contribution in [0.2, 0.25) is 5.02 Å². The summed E-state index contributed by atoms with van der Waals surface area (Å²) in [5.74, 6) is -3.90. The third-order valence-electron chi connectivity index (χ3n) is 3.68. The van der Waals surface area contributed by atoms with Gasteiger partial charge in [0.1, 0.15) is 10.9 Å². The zero-order valence-corrected chi connectivity index (χ0v) is 14.7. The first-order valence-electron chi connectivity index (χ1n) is 7.10. The van der Waals surface area contributed by atoms with Gasteiger partial charge in [-0.2, -0.15) is 0 Å². The van der Waals surface area contributed by atoms with Gasteiger partial charge in [0, 0.05) is 17.2 Å². The maximum atomic E-state index is 13.8. The smallest absolute Gasteiger partial charge is 0.183 e. The summed E-state index contributed by atoms with van der Waals surface area (Å²) < 4.78 is 55.0. The first kappa shape index (κ1) is 16.8. The first-order valence-corrected chi connectivity index (χ1v) is 9.52. The Hall–Kier alpha value is -1.63. The van der Waals surface area contributed by atoms with Crippen LogP contribution < -0.4 is 0 Å². The Kier molecular flexibility index (Phi) is 4.22. The van der Waals surface area contributed by atoms with Crippen molar-refractivity contribution in [3.63, 3.8) is 0 Å². The molecule has 0 N–H and O–H groups in total. The Balaban J connectivity index is 1.99. The van der Waals surface area contributed by atoms with Crippen LogP contribution in [0.5, 0.6) is 0 Å². The average Bonchev–Trinajstić information content (AvgIpc) is 2.57. The molecule has 0 radical (unpaired) electrons. The summed E-state index contributed by atoms with van der Waals surface area (Å²) in [6.07, 6.45) is 0. The highest BCUT2D eigenvalue weighted by molar-refractivity contribution is 8.04. The van der Waals surface area contributed by atoms with E-state index in [0.29, 0.717) is 24.6 Å². The van der Waals surface area contributed by atoms with Gasteiger partial charge in [0.2, 0.25) is 0 Å². The van der Waals surface area contributed by atoms with Crippen LogP contribution in [0, 0.1) is 23.3 Å². The van der Waals surface area contributed by atoms with Crippen LogP contribution in [0.25, 0.3) is 0 Å². The molecular formula is C18H8ClF4S2+. The molecule has 4 rings (SSSR count). The molecule has 0 saturated carbocycles. The molecule has 0 nitrogen and oxygen atoms in total. The maximum absolute atomic E-state index is 13.8. The van der Waals surface area contributed by atoms with E-state index in [2.05, 4.69) is 0 Å². The fourth-order valence-corrected chi connectivity index (χ4v) is 6.43. The Bertz CT molecular complexity index is 932. The molecule has 1 aliphatic rings. The summed E-state index contributed by atoms with van der Waals surface area (Å²) in [4.78, 5) is 2.78. The van der Waals surface area contributed by atoms with Gasteiger partial charge >= 0.3 is 0 Å². The highest BCUT2D eigenvalue weighted by Crippen LogP contribution is 2.49. The van der Waals surface area contributed by atoms with E-state index >= 15 is 0 Å². The monoisotopic (exact) mass is 399 g/mol. The molecule has 1 aliphatic heterocycles. The van der Waals surface area contributed by atoms with Crippen molar-refractivity contribution in [2.45, 2.75) is 24.5 Å². The largest absolute Gasteiger partial charge is 0.204 e. The van der Waals surface area contributed by atoms with Crippen LogP contribution in [0.4, 0.5) is 17.6 Å². The van der Waals surface area contributed by atoms with Crippen LogP contribution >= 0.6 is 23.4 Å². The number of halogens is 5. The lowest BCUT2D eigenvalue weighted by atomic mass is 10.3. The molecule has 3 aromatic carbocycles. The van der Waals surface area contributed by atoms with Crippen LogP contribution in [0.1, 0.15) is 0 Å². The molecule has 0 fully saturated rings. The van der Waals surface area contributed by atoms with Crippen LogP contribution in [-0.2, 0) is 10.9 Å². The second-order valence-corrected chi connectivity index (χ2v) is 8.77. The molecule has 3 aromatic rings. The minimum atomic E-state index is -0.975. The van der Waals surface area contributed by atoms with Crippen LogP contribution in [0.15, 0.2) is 73.0 Å². The molecule has 126 valence electrons. The second-order valence-electron chi connectivity index (χ2n) is 5.29. The number of hydrogen-bond donors (Lipinski definition) is 0. The zero-order valence-electron chi connectivity index (χ0n) is 12.3. The third-order valence-corrected chi connectivity index (χ3v) is 7.61. The van der Waals surface area contributed by atoms with Gasteiger partial charge in [-0.25, -0.2) is 17.6 Å². The summed E-state index contributed by atoms with van der Waals surface area (Å²) in [6, 6.07) is 11.3. The van der Waals surface area contributed by atoms with Crippen molar-refractivity contribution in [3.05, 3.63) is 76.8 Å². The standard InChI is InChI=1S/C18H8ClF4S2/c19-9-1-3-10(4-2-9)25-17-7-13(22)11(20)5-15(17)24-16-6-12(21)14(23)8-18(16)25/h1-8H/q+1. The van der Waals surface area contributed by atoms with E-state index in [1.165, 1.54) is 0 Å². The number of rotatable bonds is 1. The topological polar surface area (TPSA) is 0 Å². The summed E-state index contributed by atoms with van der Waals surface area (Å²) in [6.45, 7) is 0. The van der Waals surface area contributed by atoms with Crippen molar-refractivity contribution < 1.29 is 17.6 Å². The van der Waals surface area contributed by atoms with Crippen molar-refractivity contribution in [2.24, 2.45) is 0 Å². The molecule has 0 bridgehead atoms. The molecule has 0 unspecified atom stereocenters. The molecule has 25 heavy (non-hydrogen) atoms. The minimum absolute atomic E-state index is 0.482. The third kappa shape index (κ3) is 2.92. The summed E-state index contributed by atoms with van der Waals surface area (Å²) >= 11 is 7.02.